The number of ether oxygens (including phenoxy) is 2. The number of nitrogens with zero attached hydrogens (tertiary/aromatic N) is 2. The van der Waals surface area contributed by atoms with Gasteiger partial charge in [-0.2, -0.15) is 0 Å². The van der Waals surface area contributed by atoms with Gasteiger partial charge in [0.2, 0.25) is 12.7 Å². The minimum atomic E-state index is -1.31. The van der Waals surface area contributed by atoms with Gasteiger partial charge in [-0.3, -0.25) is 14.5 Å². The van der Waals surface area contributed by atoms with Crippen LogP contribution in [0.15, 0.2) is 52.8 Å². The first kappa shape index (κ1) is 21.1. The second-order valence-corrected chi connectivity index (χ2v) is 8.51. The van der Waals surface area contributed by atoms with Crippen molar-refractivity contribution in [1.29, 1.82) is 0 Å². The second kappa shape index (κ2) is 8.31. The van der Waals surface area contributed by atoms with Crippen molar-refractivity contribution in [2.24, 2.45) is 0 Å². The number of imide groups is 1. The third-order valence-electron chi connectivity index (χ3n) is 6.33. The molecule has 1 aromatic carbocycles. The number of fused-ring (bicyclic) bond motifs is 1. The molecule has 0 radical (unpaired) electrons. The van der Waals surface area contributed by atoms with Crippen molar-refractivity contribution in [1.82, 2.24) is 15.1 Å². The fourth-order valence-electron chi connectivity index (χ4n) is 4.44. The van der Waals surface area contributed by atoms with Crippen LogP contribution >= 0.6 is 0 Å². The summed E-state index contributed by atoms with van der Waals surface area (Å²) in [6.07, 6.45) is 7.32. The fraction of sp³-hybridized carbons (Fsp3) is 0.375. The molecule has 5 rings (SSSR count). The topological polar surface area (TPSA) is 101 Å². The second-order valence-electron chi connectivity index (χ2n) is 8.51. The van der Waals surface area contributed by atoms with Gasteiger partial charge in [0.05, 0.1) is 12.8 Å². The lowest BCUT2D eigenvalue weighted by Gasteiger charge is -2.28. The van der Waals surface area contributed by atoms with E-state index in [1.807, 2.05) is 6.08 Å². The van der Waals surface area contributed by atoms with Crippen molar-refractivity contribution in [3.8, 4) is 11.5 Å². The highest BCUT2D eigenvalue weighted by Crippen LogP contribution is 2.38. The molecule has 9 heteroatoms. The minimum absolute atomic E-state index is 0.109. The molecule has 0 bridgehead atoms. The van der Waals surface area contributed by atoms with Gasteiger partial charge in [-0.25, -0.2) is 4.79 Å². The van der Waals surface area contributed by atoms with E-state index in [2.05, 4.69) is 5.32 Å². The molecule has 3 aliphatic rings. The van der Waals surface area contributed by atoms with Crippen molar-refractivity contribution in [2.75, 3.05) is 13.3 Å². The summed E-state index contributed by atoms with van der Waals surface area (Å²) in [5.74, 6) is 0.908. The van der Waals surface area contributed by atoms with Crippen molar-refractivity contribution < 1.29 is 28.3 Å². The Bertz CT molecular complexity index is 1130. The molecule has 1 saturated heterocycles. The Morgan fingerprint density at radius 2 is 2.03 bits per heavy atom. The molecule has 0 spiro atoms. The van der Waals surface area contributed by atoms with Gasteiger partial charge in [-0.15, -0.1) is 0 Å². The van der Waals surface area contributed by atoms with E-state index in [0.29, 0.717) is 22.8 Å². The number of amides is 4. The first-order valence-electron chi connectivity index (χ1n) is 11.0. The van der Waals surface area contributed by atoms with Crippen LogP contribution in [0.3, 0.4) is 0 Å². The van der Waals surface area contributed by atoms with Crippen LogP contribution in [0.5, 0.6) is 11.5 Å². The lowest BCUT2D eigenvalue weighted by molar-refractivity contribution is -0.138. The molecule has 1 aromatic heterocycles. The Balaban J connectivity index is 1.37. The van der Waals surface area contributed by atoms with Gasteiger partial charge in [-0.1, -0.05) is 12.1 Å². The standard InChI is InChI=1S/C24H25N3O6/c1-24(16-9-10-19-20(12-16)33-15-32-19)22(29)27(23(30)25-24)14-21(28)26(13-18-8-5-11-31-18)17-6-3-2-4-7-17/h5-6,8-12H,2-4,7,13-15H2,1H3,(H,25,30)/t24-/m1/s1. The van der Waals surface area contributed by atoms with Gasteiger partial charge in [0.15, 0.2) is 11.5 Å². The number of hydrogen-bond acceptors (Lipinski definition) is 6. The van der Waals surface area contributed by atoms with Gasteiger partial charge in [-0.05, 0) is 62.4 Å². The van der Waals surface area contributed by atoms with Gasteiger partial charge in [0.25, 0.3) is 5.91 Å². The quantitative estimate of drug-likeness (QED) is 0.677. The molecule has 1 atom stereocenters. The van der Waals surface area contributed by atoms with Gasteiger partial charge in [0.1, 0.15) is 17.8 Å². The highest BCUT2D eigenvalue weighted by Gasteiger charge is 2.50. The molecular weight excluding hydrogens is 426 g/mol. The maximum atomic E-state index is 13.4. The van der Waals surface area contributed by atoms with E-state index in [9.17, 15) is 14.4 Å². The molecule has 0 saturated carbocycles. The Labute approximate surface area is 190 Å². The Hall–Kier alpha value is -3.75. The van der Waals surface area contributed by atoms with E-state index in [-0.39, 0.29) is 25.8 Å². The first-order chi connectivity index (χ1) is 16.0. The Morgan fingerprint density at radius 3 is 2.79 bits per heavy atom. The number of hydrogen-bond donors (Lipinski definition) is 1. The van der Waals surface area contributed by atoms with Crippen LogP contribution in [-0.2, 0) is 21.7 Å². The van der Waals surface area contributed by atoms with Crippen LogP contribution in [0.1, 0.15) is 43.9 Å². The number of furan rings is 1. The van der Waals surface area contributed by atoms with E-state index in [1.54, 1.807) is 48.4 Å². The van der Waals surface area contributed by atoms with E-state index >= 15 is 0 Å². The average Bonchev–Trinajstić information content (AvgIpc) is 3.55. The number of urea groups is 1. The van der Waals surface area contributed by atoms with E-state index < -0.39 is 17.5 Å². The summed E-state index contributed by atoms with van der Waals surface area (Å²) in [6, 6.07) is 8.06. The Kier molecular flexibility index (Phi) is 5.32. The van der Waals surface area contributed by atoms with E-state index in [4.69, 9.17) is 13.9 Å². The molecule has 1 aliphatic carbocycles. The van der Waals surface area contributed by atoms with Crippen LogP contribution in [-0.4, -0.2) is 41.0 Å². The SMILES string of the molecule is C[C@]1(c2ccc3c(c2)OCO3)NC(=O)N(CC(=O)N(Cc2ccco2)C2=CCCCC2)C1=O. The lowest BCUT2D eigenvalue weighted by atomic mass is 9.91. The molecule has 3 heterocycles. The molecule has 9 nitrogen and oxygen atoms in total. The van der Waals surface area contributed by atoms with Crippen molar-refractivity contribution >= 4 is 17.8 Å². The normalized spacial score (nSPS) is 21.7. The van der Waals surface area contributed by atoms with Crippen molar-refractivity contribution in [2.45, 2.75) is 44.7 Å². The molecule has 1 fully saturated rings. The number of benzene rings is 1. The zero-order chi connectivity index (χ0) is 23.0. The Morgan fingerprint density at radius 1 is 1.18 bits per heavy atom. The van der Waals surface area contributed by atoms with Crippen LogP contribution in [0.4, 0.5) is 4.79 Å². The number of carbonyl (C=O) groups is 3. The minimum Gasteiger partial charge on any atom is -0.467 e. The number of allylic oxidation sites excluding steroid dienone is 2. The smallest absolute Gasteiger partial charge is 0.325 e. The number of carbonyl (C=O) groups excluding carboxylic acids is 3. The third kappa shape index (κ3) is 3.83. The largest absolute Gasteiger partial charge is 0.467 e. The maximum absolute atomic E-state index is 13.4. The van der Waals surface area contributed by atoms with E-state index in [0.717, 1.165) is 36.3 Å². The highest BCUT2D eigenvalue weighted by atomic mass is 16.7. The monoisotopic (exact) mass is 451 g/mol. The predicted molar refractivity (Wildman–Crippen MR) is 116 cm³/mol. The molecule has 33 heavy (non-hydrogen) atoms. The average molecular weight is 451 g/mol. The van der Waals surface area contributed by atoms with Gasteiger partial charge in [0, 0.05) is 5.70 Å². The molecular formula is C24H25N3O6. The van der Waals surface area contributed by atoms with Crippen molar-refractivity contribution in [3.63, 3.8) is 0 Å². The summed E-state index contributed by atoms with van der Waals surface area (Å²) in [6.45, 7) is 1.63. The first-order valence-corrected chi connectivity index (χ1v) is 11.0. The van der Waals surface area contributed by atoms with Crippen molar-refractivity contribution in [3.05, 3.63) is 59.7 Å². The third-order valence-corrected chi connectivity index (χ3v) is 6.33. The summed E-state index contributed by atoms with van der Waals surface area (Å²) < 4.78 is 16.2. The van der Waals surface area contributed by atoms with Crippen LogP contribution in [0.25, 0.3) is 0 Å². The number of rotatable bonds is 6. The fourth-order valence-corrected chi connectivity index (χ4v) is 4.44. The lowest BCUT2D eigenvalue weighted by Crippen LogP contribution is -2.44. The van der Waals surface area contributed by atoms with E-state index in [1.165, 1.54) is 0 Å². The van der Waals surface area contributed by atoms with Gasteiger partial charge >= 0.3 is 6.03 Å². The summed E-state index contributed by atoms with van der Waals surface area (Å²) in [7, 11) is 0. The van der Waals surface area contributed by atoms with Gasteiger partial charge < -0.3 is 24.1 Å². The zero-order valence-corrected chi connectivity index (χ0v) is 18.3. The molecule has 2 aromatic rings. The number of nitrogens with one attached hydrogen (secondary N) is 1. The molecule has 172 valence electrons. The highest BCUT2D eigenvalue weighted by molar-refractivity contribution is 6.09. The summed E-state index contributed by atoms with van der Waals surface area (Å²) in [5, 5.41) is 2.74. The van der Waals surface area contributed by atoms with Crippen LogP contribution < -0.4 is 14.8 Å². The zero-order valence-electron chi connectivity index (χ0n) is 18.3. The summed E-state index contributed by atoms with van der Waals surface area (Å²) in [5.41, 5.74) is 0.143. The summed E-state index contributed by atoms with van der Waals surface area (Å²) >= 11 is 0. The summed E-state index contributed by atoms with van der Waals surface area (Å²) in [4.78, 5) is 42.1. The van der Waals surface area contributed by atoms with Crippen LogP contribution in [0, 0.1) is 0 Å². The molecule has 1 N–H and O–H groups in total. The van der Waals surface area contributed by atoms with Crippen LogP contribution in [0.2, 0.25) is 0 Å². The maximum Gasteiger partial charge on any atom is 0.325 e. The molecule has 0 unspecified atom stereocenters. The predicted octanol–water partition coefficient (Wildman–Crippen LogP) is 3.26. The molecule has 4 amide bonds. The molecule has 2 aliphatic heterocycles.